The molecule has 15 aliphatic rings. The van der Waals surface area contributed by atoms with Gasteiger partial charge in [0.2, 0.25) is 0 Å². The highest BCUT2D eigenvalue weighted by atomic mass is 16.5. The minimum atomic E-state index is -0.125. The van der Waals surface area contributed by atoms with E-state index < -0.39 is 0 Å². The Bertz CT molecular complexity index is 4500. The summed E-state index contributed by atoms with van der Waals surface area (Å²) in [6.07, 6.45) is 18.5. The minimum Gasteiger partial charge on any atom is -0.378 e. The molecular formula is C106H142N10O3. The van der Waals surface area contributed by atoms with E-state index in [1.54, 1.807) is 22.3 Å². The van der Waals surface area contributed by atoms with Crippen LogP contribution >= 0.6 is 0 Å². The van der Waals surface area contributed by atoms with Gasteiger partial charge >= 0.3 is 0 Å². The van der Waals surface area contributed by atoms with Crippen molar-refractivity contribution in [2.45, 2.75) is 182 Å². The molecule has 15 fully saturated rings. The molecule has 10 unspecified atom stereocenters. The van der Waals surface area contributed by atoms with Gasteiger partial charge in [0.05, 0.1) is 17.3 Å². The SMILES string of the molecule is C=C1CCN(c2ccc(C34CC3CN(CC)C4)cc2)CC1.C=C1CCN(c2ccc(C34CNCC3C4)cc2)CC1.CCOC1(c2ccccc2)CCN(c2ccc(C34CC3CN(CC)C4)cc2)CC1.CCOC1(c2ccccc2)CCN(c2ccc(C34CNCC3C4)cc2)CC1.CCOC1CCN(c2ccc(C34CC3CN(CC)C4)cc2)CC1. The van der Waals surface area contributed by atoms with Crippen LogP contribution in [0, 0.1) is 29.6 Å². The van der Waals surface area contributed by atoms with E-state index in [0.717, 1.165) is 186 Å². The molecule has 10 atom stereocenters. The number of benzene rings is 7. The van der Waals surface area contributed by atoms with Gasteiger partial charge in [0.1, 0.15) is 0 Å². The lowest BCUT2D eigenvalue weighted by molar-refractivity contribution is -0.0618. The summed E-state index contributed by atoms with van der Waals surface area (Å²) >= 11 is 0. The molecule has 5 saturated carbocycles. The average molecular weight is 1600 g/mol. The van der Waals surface area contributed by atoms with E-state index in [0.29, 0.717) is 33.2 Å². The third-order valence-corrected chi connectivity index (χ3v) is 32.5. The lowest BCUT2D eigenvalue weighted by atomic mass is 9.84. The summed E-state index contributed by atoms with van der Waals surface area (Å²) in [5, 5.41) is 7.08. The number of rotatable bonds is 21. The third kappa shape index (κ3) is 17.0. The number of likely N-dealkylation sites (N-methyl/N-ethyl adjacent to an activating group) is 3. The molecule has 119 heavy (non-hydrogen) atoms. The van der Waals surface area contributed by atoms with E-state index >= 15 is 0 Å². The second kappa shape index (κ2) is 35.1. The standard InChI is InChI=1S/C26H34N2O.C24H30N2O.C20H30N2O.C19H26N2.C17H22N2/c1-3-27-19-23-18-25(23,20-27)21-10-12-24(13-11-21)28-16-14-26(15-17-28,29-4-2)22-8-6-5-7-9-22;1-2-27-24(20-6-4-3-5-7-20)12-14-26(15-13-24)22-10-8-19(9-11-22)23-16-21(23)17-25-18-23;1-3-21-14-17-13-20(17,15-21)16-5-7-18(8-6-16)22-11-9-19(10-12-22)23-4-2;1-3-20-13-17-12-19(17,14-20)16-4-6-18(7-5-16)21-10-8-15(2)9-11-21;1-13-6-8-19(9-7-13)16-4-2-14(3-5-16)17-10-15(17)11-18-12-17/h5-13,23H,3-4,14-20H2,1-2H3;3-11,21,25H,2,12-18H2,1H3;5-8,17,19H,3-4,9-15H2,1-2H3;4-7,17H,2-3,8-14H2,1H3;2-5,15,18H,1,6-12H2. The molecule has 13 nitrogen and oxygen atoms in total. The van der Waals surface area contributed by atoms with Crippen molar-refractivity contribution in [2.75, 3.05) is 195 Å². The Hall–Kier alpha value is -7.30. The number of ether oxygens (including phenoxy) is 3. The van der Waals surface area contributed by atoms with E-state index in [4.69, 9.17) is 14.2 Å². The van der Waals surface area contributed by atoms with Crippen molar-refractivity contribution in [3.8, 4) is 0 Å². The van der Waals surface area contributed by atoms with Gasteiger partial charge in [0.25, 0.3) is 0 Å². The van der Waals surface area contributed by atoms with Crippen LogP contribution in [0.2, 0.25) is 0 Å². The van der Waals surface area contributed by atoms with Crippen LogP contribution in [-0.4, -0.2) is 191 Å². The minimum absolute atomic E-state index is 0.123. The largest absolute Gasteiger partial charge is 0.378 e. The number of nitrogens with zero attached hydrogens (tertiary/aromatic N) is 8. The number of piperidine rings is 10. The number of anilines is 5. The van der Waals surface area contributed by atoms with Gasteiger partial charge in [0.15, 0.2) is 0 Å². The zero-order valence-corrected chi connectivity index (χ0v) is 73.5. The second-order valence-electron chi connectivity index (χ2n) is 38.9. The van der Waals surface area contributed by atoms with Crippen LogP contribution in [0.5, 0.6) is 0 Å². The third-order valence-electron chi connectivity index (χ3n) is 32.5. The molecule has 0 aromatic heterocycles. The van der Waals surface area contributed by atoms with Crippen LogP contribution in [0.3, 0.4) is 0 Å². The van der Waals surface area contributed by atoms with Gasteiger partial charge < -0.3 is 64.0 Å². The summed E-state index contributed by atoms with van der Waals surface area (Å²) in [6, 6.07) is 69.0. The van der Waals surface area contributed by atoms with Crippen molar-refractivity contribution < 1.29 is 14.2 Å². The van der Waals surface area contributed by atoms with Crippen LogP contribution < -0.4 is 35.1 Å². The molecule has 0 bridgehead atoms. The molecular weight excluding hydrogens is 1460 g/mol. The molecule has 5 aliphatic carbocycles. The predicted octanol–water partition coefficient (Wildman–Crippen LogP) is 18.3. The van der Waals surface area contributed by atoms with Crippen LogP contribution in [-0.2, 0) is 52.5 Å². The highest BCUT2D eigenvalue weighted by Crippen LogP contribution is 2.62. The van der Waals surface area contributed by atoms with Gasteiger partial charge in [-0.15, -0.1) is 0 Å². The molecule has 2 N–H and O–H groups in total. The van der Waals surface area contributed by atoms with Crippen molar-refractivity contribution >= 4 is 28.4 Å². The Morgan fingerprint density at radius 2 is 0.605 bits per heavy atom. The first kappa shape index (κ1) is 82.6. The molecule has 13 heteroatoms. The maximum Gasteiger partial charge on any atom is 0.0964 e. The fraction of sp³-hybridized carbons (Fsp3) is 0.566. The predicted molar refractivity (Wildman–Crippen MR) is 494 cm³/mol. The van der Waals surface area contributed by atoms with Crippen LogP contribution in [0.1, 0.15) is 177 Å². The summed E-state index contributed by atoms with van der Waals surface area (Å²) in [7, 11) is 0. The van der Waals surface area contributed by atoms with Crippen molar-refractivity contribution in [2.24, 2.45) is 29.6 Å². The summed E-state index contributed by atoms with van der Waals surface area (Å²) in [5.41, 5.74) is 22.3. The topological polar surface area (TPSA) is 77.7 Å². The number of hydrogen-bond donors (Lipinski definition) is 2. The van der Waals surface area contributed by atoms with Crippen molar-refractivity contribution in [3.05, 3.63) is 245 Å². The first-order chi connectivity index (χ1) is 58.2. The van der Waals surface area contributed by atoms with Gasteiger partial charge in [0, 0.05) is 193 Å². The molecule has 10 saturated heterocycles. The van der Waals surface area contributed by atoms with Crippen LogP contribution in [0.4, 0.5) is 28.4 Å². The van der Waals surface area contributed by atoms with Crippen molar-refractivity contribution in [1.29, 1.82) is 0 Å². The van der Waals surface area contributed by atoms with Gasteiger partial charge in [-0.05, 0) is 279 Å². The summed E-state index contributed by atoms with van der Waals surface area (Å²) < 4.78 is 18.4. The molecule has 0 radical (unpaired) electrons. The van der Waals surface area contributed by atoms with Gasteiger partial charge in [-0.3, -0.25) is 0 Å². The summed E-state index contributed by atoms with van der Waals surface area (Å²) in [5.74, 6) is 4.49. The maximum atomic E-state index is 6.34. The van der Waals surface area contributed by atoms with Gasteiger partial charge in [-0.25, -0.2) is 0 Å². The zero-order chi connectivity index (χ0) is 81.4. The quantitative estimate of drug-likeness (QED) is 0.0671. The van der Waals surface area contributed by atoms with E-state index in [-0.39, 0.29) is 11.2 Å². The van der Waals surface area contributed by atoms with E-state index in [1.165, 1.54) is 167 Å². The molecule has 10 aliphatic heterocycles. The van der Waals surface area contributed by atoms with Crippen LogP contribution in [0.15, 0.2) is 206 Å². The Labute approximate surface area is 715 Å². The van der Waals surface area contributed by atoms with E-state index in [1.807, 2.05) is 0 Å². The Kier molecular flexibility index (Phi) is 24.4. The van der Waals surface area contributed by atoms with E-state index in [9.17, 15) is 0 Å². The van der Waals surface area contributed by atoms with Crippen molar-refractivity contribution in [3.63, 3.8) is 0 Å². The maximum absolute atomic E-state index is 6.34. The Morgan fingerprint density at radius 1 is 0.319 bits per heavy atom. The first-order valence-electron chi connectivity index (χ1n) is 47.4. The smallest absolute Gasteiger partial charge is 0.0964 e. The number of fused-ring (bicyclic) bond motifs is 5. The fourth-order valence-electron chi connectivity index (χ4n) is 24.4. The van der Waals surface area contributed by atoms with Gasteiger partial charge in [-0.1, -0.05) is 166 Å². The molecule has 634 valence electrons. The highest BCUT2D eigenvalue weighted by molar-refractivity contribution is 5.57. The monoisotopic (exact) mass is 1600 g/mol. The molecule has 7 aromatic carbocycles. The molecule has 22 rings (SSSR count). The van der Waals surface area contributed by atoms with Gasteiger partial charge in [-0.2, -0.15) is 0 Å². The van der Waals surface area contributed by atoms with E-state index in [2.05, 4.69) is 287 Å². The lowest BCUT2D eigenvalue weighted by Gasteiger charge is -2.43. The fourth-order valence-corrected chi connectivity index (χ4v) is 24.4. The average Bonchev–Trinajstić information content (AvgIpc) is 1.59. The summed E-state index contributed by atoms with van der Waals surface area (Å²) in [6.45, 7) is 50.8. The summed E-state index contributed by atoms with van der Waals surface area (Å²) in [4.78, 5) is 20.4. The molecule has 0 amide bonds. The number of nitrogens with one attached hydrogen (secondary N) is 2. The molecule has 0 spiro atoms. The van der Waals surface area contributed by atoms with Crippen LogP contribution in [0.25, 0.3) is 0 Å². The van der Waals surface area contributed by atoms with Crippen molar-refractivity contribution in [1.82, 2.24) is 25.3 Å². The second-order valence-corrected chi connectivity index (χ2v) is 38.9. The normalized spacial score (nSPS) is 30.5. The lowest BCUT2D eigenvalue weighted by Crippen LogP contribution is -2.44. The molecule has 10 heterocycles. The Balaban J connectivity index is 0.000000103. The Morgan fingerprint density at radius 3 is 0.866 bits per heavy atom. The molecule has 7 aromatic rings. The number of hydrogen-bond acceptors (Lipinski definition) is 13. The highest BCUT2D eigenvalue weighted by Gasteiger charge is 2.63. The zero-order valence-electron chi connectivity index (χ0n) is 73.5. The first-order valence-corrected chi connectivity index (χ1v) is 47.4. The number of likely N-dealkylation sites (tertiary alicyclic amines) is 3.